The van der Waals surface area contributed by atoms with Crippen molar-refractivity contribution in [2.45, 2.75) is 23.6 Å². The maximum atomic E-state index is 12.6. The number of amides is 1. The maximum Gasteiger partial charge on any atom is 0.262 e. The van der Waals surface area contributed by atoms with Gasteiger partial charge in [-0.2, -0.15) is 0 Å². The molecule has 0 radical (unpaired) electrons. The fraction of sp³-hybridized carbons (Fsp3) is 0.188. The highest BCUT2D eigenvalue weighted by molar-refractivity contribution is 7.98. The Labute approximate surface area is 140 Å². The lowest BCUT2D eigenvalue weighted by Crippen LogP contribution is -2.15. The van der Waals surface area contributed by atoms with E-state index in [-0.39, 0.29) is 10.8 Å². The van der Waals surface area contributed by atoms with Gasteiger partial charge in [0, 0.05) is 23.2 Å². The van der Waals surface area contributed by atoms with Gasteiger partial charge >= 0.3 is 0 Å². The van der Waals surface area contributed by atoms with E-state index in [1.165, 1.54) is 24.8 Å². The first-order chi connectivity index (χ1) is 10.8. The molecule has 0 saturated carbocycles. The van der Waals surface area contributed by atoms with Crippen molar-refractivity contribution >= 4 is 39.1 Å². The van der Waals surface area contributed by atoms with Crippen molar-refractivity contribution in [2.75, 3.05) is 16.3 Å². The second-order valence-electron chi connectivity index (χ2n) is 5.00. The minimum atomic E-state index is -3.74. The molecule has 2 N–H and O–H groups in total. The predicted octanol–water partition coefficient (Wildman–Crippen LogP) is 3.48. The smallest absolute Gasteiger partial charge is 0.262 e. The summed E-state index contributed by atoms with van der Waals surface area (Å²) in [6.07, 6.45) is 1.93. The van der Waals surface area contributed by atoms with Gasteiger partial charge in [0.25, 0.3) is 10.0 Å². The molecule has 0 bridgehead atoms. The van der Waals surface area contributed by atoms with Gasteiger partial charge < -0.3 is 5.32 Å². The van der Waals surface area contributed by atoms with E-state index in [0.717, 1.165) is 4.90 Å². The number of hydrogen-bond acceptors (Lipinski definition) is 4. The molecule has 122 valence electrons. The summed E-state index contributed by atoms with van der Waals surface area (Å²) >= 11 is 1.53. The van der Waals surface area contributed by atoms with Gasteiger partial charge in [-0.3, -0.25) is 9.52 Å². The second kappa shape index (κ2) is 7.06. The Kier molecular flexibility index (Phi) is 5.33. The van der Waals surface area contributed by atoms with Crippen molar-refractivity contribution < 1.29 is 13.2 Å². The summed E-state index contributed by atoms with van der Waals surface area (Å²) in [7, 11) is -3.74. The first kappa shape index (κ1) is 17.4. The molecule has 0 aromatic heterocycles. The molecule has 2 rings (SSSR count). The summed E-state index contributed by atoms with van der Waals surface area (Å²) in [5.74, 6) is -0.252. The van der Waals surface area contributed by atoms with E-state index in [4.69, 9.17) is 0 Å². The lowest BCUT2D eigenvalue weighted by Gasteiger charge is -2.12. The first-order valence-electron chi connectivity index (χ1n) is 6.87. The van der Waals surface area contributed by atoms with Crippen LogP contribution in [-0.2, 0) is 14.8 Å². The van der Waals surface area contributed by atoms with Crippen molar-refractivity contribution in [3.05, 3.63) is 48.0 Å². The van der Waals surface area contributed by atoms with Crippen molar-refractivity contribution in [1.29, 1.82) is 0 Å². The topological polar surface area (TPSA) is 75.3 Å². The molecule has 7 heteroatoms. The Morgan fingerprint density at radius 2 is 1.83 bits per heavy atom. The molecular weight excluding hydrogens is 332 g/mol. The highest BCUT2D eigenvalue weighted by Crippen LogP contribution is 2.25. The Morgan fingerprint density at radius 1 is 1.09 bits per heavy atom. The zero-order valence-corrected chi connectivity index (χ0v) is 14.7. The van der Waals surface area contributed by atoms with E-state index in [1.807, 2.05) is 12.3 Å². The minimum Gasteiger partial charge on any atom is -0.326 e. The molecule has 0 aliphatic carbocycles. The van der Waals surface area contributed by atoms with E-state index in [0.29, 0.717) is 16.9 Å². The van der Waals surface area contributed by atoms with Crippen LogP contribution in [0.1, 0.15) is 12.5 Å². The molecule has 0 aliphatic heterocycles. The van der Waals surface area contributed by atoms with Crippen molar-refractivity contribution in [2.24, 2.45) is 0 Å². The zero-order valence-electron chi connectivity index (χ0n) is 13.1. The Balaban J connectivity index is 2.36. The number of anilines is 2. The fourth-order valence-corrected chi connectivity index (χ4v) is 3.85. The number of sulfonamides is 1. The van der Waals surface area contributed by atoms with Crippen LogP contribution in [0.25, 0.3) is 0 Å². The normalized spacial score (nSPS) is 11.1. The zero-order chi connectivity index (χ0) is 17.0. The third kappa shape index (κ3) is 4.49. The number of carbonyl (C=O) groups excluding carboxylic acids is 1. The molecule has 2 aromatic carbocycles. The van der Waals surface area contributed by atoms with Gasteiger partial charge in [-0.25, -0.2) is 8.42 Å². The van der Waals surface area contributed by atoms with Gasteiger partial charge in [-0.1, -0.05) is 12.1 Å². The molecule has 0 atom stereocenters. The SMILES string of the molecule is CSc1cccc(NS(=O)(=O)c2cc(NC(C)=O)ccc2C)c1. The third-order valence-corrected chi connectivity index (χ3v) is 5.37. The fourth-order valence-electron chi connectivity index (χ4n) is 2.07. The van der Waals surface area contributed by atoms with E-state index in [9.17, 15) is 13.2 Å². The lowest BCUT2D eigenvalue weighted by molar-refractivity contribution is -0.114. The molecule has 2 aromatic rings. The van der Waals surface area contributed by atoms with Crippen LogP contribution in [0.5, 0.6) is 0 Å². The molecule has 0 unspecified atom stereocenters. The number of nitrogens with one attached hydrogen (secondary N) is 2. The molecule has 0 spiro atoms. The number of rotatable bonds is 5. The quantitative estimate of drug-likeness (QED) is 0.810. The number of thioether (sulfide) groups is 1. The van der Waals surface area contributed by atoms with Crippen molar-refractivity contribution in [3.63, 3.8) is 0 Å². The minimum absolute atomic E-state index is 0.137. The maximum absolute atomic E-state index is 12.6. The van der Waals surface area contributed by atoms with Crippen LogP contribution in [0, 0.1) is 6.92 Å². The lowest BCUT2D eigenvalue weighted by atomic mass is 10.2. The van der Waals surface area contributed by atoms with Gasteiger partial charge in [-0.05, 0) is 49.1 Å². The number of aryl methyl sites for hydroxylation is 1. The molecule has 1 amide bonds. The standard InChI is InChI=1S/C16H18N2O3S2/c1-11-7-8-13(17-12(2)19)10-16(11)23(20,21)18-14-5-4-6-15(9-14)22-3/h4-10,18H,1-3H3,(H,17,19). The van der Waals surface area contributed by atoms with E-state index >= 15 is 0 Å². The van der Waals surface area contributed by atoms with E-state index in [1.54, 1.807) is 37.3 Å². The van der Waals surface area contributed by atoms with Gasteiger partial charge in [-0.15, -0.1) is 11.8 Å². The van der Waals surface area contributed by atoms with Crippen LogP contribution in [0.3, 0.4) is 0 Å². The Bertz CT molecular complexity index is 833. The average Bonchev–Trinajstić information content (AvgIpc) is 2.48. The van der Waals surface area contributed by atoms with Crippen LogP contribution in [-0.4, -0.2) is 20.6 Å². The summed E-state index contributed by atoms with van der Waals surface area (Å²) in [5, 5.41) is 2.59. The highest BCUT2D eigenvalue weighted by atomic mass is 32.2. The van der Waals surface area contributed by atoms with Crippen molar-refractivity contribution in [3.8, 4) is 0 Å². The number of benzene rings is 2. The predicted molar refractivity (Wildman–Crippen MR) is 94.5 cm³/mol. The Morgan fingerprint density at radius 3 is 2.48 bits per heavy atom. The van der Waals surface area contributed by atoms with Crippen LogP contribution in [0.4, 0.5) is 11.4 Å². The van der Waals surface area contributed by atoms with Crippen LogP contribution in [0.15, 0.2) is 52.3 Å². The Hall–Kier alpha value is -1.99. The van der Waals surface area contributed by atoms with E-state index in [2.05, 4.69) is 10.0 Å². The van der Waals surface area contributed by atoms with Crippen molar-refractivity contribution in [1.82, 2.24) is 0 Å². The average molecular weight is 350 g/mol. The summed E-state index contributed by atoms with van der Waals surface area (Å²) in [4.78, 5) is 12.2. The molecular formula is C16H18N2O3S2. The summed E-state index contributed by atoms with van der Waals surface area (Å²) in [6.45, 7) is 3.09. The number of hydrogen-bond donors (Lipinski definition) is 2. The van der Waals surface area contributed by atoms with E-state index < -0.39 is 10.0 Å². The third-order valence-electron chi connectivity index (χ3n) is 3.12. The van der Waals surface area contributed by atoms with Gasteiger partial charge in [0.1, 0.15) is 0 Å². The number of carbonyl (C=O) groups is 1. The monoisotopic (exact) mass is 350 g/mol. The van der Waals surface area contributed by atoms with Crippen LogP contribution in [0.2, 0.25) is 0 Å². The van der Waals surface area contributed by atoms with Gasteiger partial charge in [0.05, 0.1) is 4.90 Å². The van der Waals surface area contributed by atoms with Gasteiger partial charge in [0.2, 0.25) is 5.91 Å². The summed E-state index contributed by atoms with van der Waals surface area (Å²) < 4.78 is 27.8. The first-order valence-corrected chi connectivity index (χ1v) is 9.58. The highest BCUT2D eigenvalue weighted by Gasteiger charge is 2.18. The van der Waals surface area contributed by atoms with Crippen LogP contribution >= 0.6 is 11.8 Å². The summed E-state index contributed by atoms with van der Waals surface area (Å²) in [5.41, 5.74) is 1.55. The molecule has 0 saturated heterocycles. The molecule has 0 aliphatic rings. The van der Waals surface area contributed by atoms with Gasteiger partial charge in [0.15, 0.2) is 0 Å². The molecule has 0 heterocycles. The van der Waals surface area contributed by atoms with Crippen LogP contribution < -0.4 is 10.0 Å². The largest absolute Gasteiger partial charge is 0.326 e. The molecule has 23 heavy (non-hydrogen) atoms. The second-order valence-corrected chi connectivity index (χ2v) is 7.53. The molecule has 5 nitrogen and oxygen atoms in total. The summed E-state index contributed by atoms with van der Waals surface area (Å²) in [6, 6.07) is 12.0. The molecule has 0 fully saturated rings.